The van der Waals surface area contributed by atoms with E-state index in [1.807, 2.05) is 51.4 Å². The quantitative estimate of drug-likeness (QED) is 0.318. The van der Waals surface area contributed by atoms with Crippen LogP contribution in [0.1, 0.15) is 40.0 Å². The number of hydrogen-bond acceptors (Lipinski definition) is 5. The van der Waals surface area contributed by atoms with Gasteiger partial charge in [0.2, 0.25) is 0 Å². The van der Waals surface area contributed by atoms with Gasteiger partial charge in [0.25, 0.3) is 0 Å². The normalized spacial score (nSPS) is 12.2. The highest BCUT2D eigenvalue weighted by molar-refractivity contribution is 5.94. The lowest BCUT2D eigenvalue weighted by molar-refractivity contribution is 0.0697. The van der Waals surface area contributed by atoms with E-state index in [2.05, 4.69) is 10.4 Å². The van der Waals surface area contributed by atoms with Crippen LogP contribution in [0.3, 0.4) is 0 Å². The Morgan fingerprint density at radius 3 is 2.67 bits per heavy atom. The Morgan fingerprint density at radius 1 is 1.14 bits per heavy atom. The largest absolute Gasteiger partial charge is 0.478 e. The van der Waals surface area contributed by atoms with Gasteiger partial charge in [-0.3, -0.25) is 9.48 Å². The Kier molecular flexibility index (Phi) is 5.59. The summed E-state index contributed by atoms with van der Waals surface area (Å²) in [6, 6.07) is 12.5. The van der Waals surface area contributed by atoms with Crippen LogP contribution < -0.4 is 10.7 Å². The van der Waals surface area contributed by atoms with Crippen molar-refractivity contribution < 1.29 is 18.7 Å². The molecule has 0 aliphatic heterocycles. The van der Waals surface area contributed by atoms with Gasteiger partial charge >= 0.3 is 5.97 Å². The molecule has 8 heteroatoms. The maximum absolute atomic E-state index is 13.7. The number of rotatable bonds is 5. The molecule has 0 amide bonds. The first-order valence-electron chi connectivity index (χ1n) is 11.4. The molecule has 0 bridgehead atoms. The van der Waals surface area contributed by atoms with Gasteiger partial charge in [-0.25, -0.2) is 9.18 Å². The van der Waals surface area contributed by atoms with Crippen LogP contribution in [0, 0.1) is 19.7 Å². The third-order valence-corrected chi connectivity index (χ3v) is 6.32. The van der Waals surface area contributed by atoms with Gasteiger partial charge in [-0.2, -0.15) is 5.10 Å². The first-order valence-corrected chi connectivity index (χ1v) is 11.4. The summed E-state index contributed by atoms with van der Waals surface area (Å²) in [5.74, 6) is -1.42. The molecule has 0 fully saturated rings. The third kappa shape index (κ3) is 4.00. The van der Waals surface area contributed by atoms with Gasteiger partial charge < -0.3 is 14.8 Å². The summed E-state index contributed by atoms with van der Waals surface area (Å²) in [5.41, 5.74) is 4.00. The Morgan fingerprint density at radius 2 is 1.92 bits per heavy atom. The van der Waals surface area contributed by atoms with Crippen LogP contribution in [0.2, 0.25) is 0 Å². The van der Waals surface area contributed by atoms with Crippen molar-refractivity contribution in [1.29, 1.82) is 0 Å². The van der Waals surface area contributed by atoms with E-state index in [1.54, 1.807) is 17.7 Å². The first-order chi connectivity index (χ1) is 17.1. The van der Waals surface area contributed by atoms with Crippen molar-refractivity contribution in [1.82, 2.24) is 9.78 Å². The van der Waals surface area contributed by atoms with Crippen LogP contribution in [0.5, 0.6) is 0 Å². The Labute approximate surface area is 205 Å². The van der Waals surface area contributed by atoms with E-state index in [4.69, 9.17) is 4.42 Å². The zero-order chi connectivity index (χ0) is 25.7. The molecule has 0 aliphatic carbocycles. The molecular weight excluding hydrogens is 461 g/mol. The molecule has 0 aliphatic rings. The molecule has 5 aromatic rings. The average molecular weight is 486 g/mol. The fraction of sp³-hybridized carbons (Fsp3) is 0.179. The lowest BCUT2D eigenvalue weighted by Crippen LogP contribution is -2.14. The minimum atomic E-state index is -1.24. The van der Waals surface area contributed by atoms with Crippen molar-refractivity contribution in [2.24, 2.45) is 7.05 Å². The monoisotopic (exact) mass is 485 g/mol. The van der Waals surface area contributed by atoms with Crippen LogP contribution in [-0.2, 0) is 7.05 Å². The van der Waals surface area contributed by atoms with Crippen molar-refractivity contribution in [2.75, 3.05) is 5.32 Å². The molecule has 0 spiro atoms. The number of nitrogens with zero attached hydrogens (tertiary/aromatic N) is 2. The van der Waals surface area contributed by atoms with Crippen molar-refractivity contribution in [2.45, 2.75) is 26.8 Å². The summed E-state index contributed by atoms with van der Waals surface area (Å²) in [5, 5.41) is 18.4. The minimum Gasteiger partial charge on any atom is -0.478 e. The third-order valence-electron chi connectivity index (χ3n) is 6.32. The standard InChI is InChI=1S/C28H24FN3O4/c1-14-9-20(16(3)30-24-8-6-19(29)12-21(24)28(34)35)27-22(10-14)25(33)15(2)26(36-27)17-5-7-23-18(11-17)13-32(4)31-23/h5-13,16,30H,1-4H3,(H,34,35)/t16-/m1/s1. The number of carboxylic acids is 1. The van der Waals surface area contributed by atoms with Crippen LogP contribution >= 0.6 is 0 Å². The molecule has 2 aromatic heterocycles. The summed E-state index contributed by atoms with van der Waals surface area (Å²) in [4.78, 5) is 25.1. The maximum Gasteiger partial charge on any atom is 0.337 e. The number of carboxylic acid groups (broad SMARTS) is 1. The fourth-order valence-corrected chi connectivity index (χ4v) is 4.59. The molecule has 0 radical (unpaired) electrons. The average Bonchev–Trinajstić information content (AvgIpc) is 3.21. The summed E-state index contributed by atoms with van der Waals surface area (Å²) in [6.45, 7) is 5.47. The number of carbonyl (C=O) groups is 1. The zero-order valence-corrected chi connectivity index (χ0v) is 20.2. The molecule has 1 atom stereocenters. The van der Waals surface area contributed by atoms with Gasteiger partial charge in [0.1, 0.15) is 17.2 Å². The predicted molar refractivity (Wildman–Crippen MR) is 137 cm³/mol. The first kappa shape index (κ1) is 23.3. The lowest BCUT2D eigenvalue weighted by atomic mass is 9.98. The molecule has 36 heavy (non-hydrogen) atoms. The predicted octanol–water partition coefficient (Wildman–Crippen LogP) is 5.97. The van der Waals surface area contributed by atoms with E-state index in [-0.39, 0.29) is 16.7 Å². The highest BCUT2D eigenvalue weighted by Crippen LogP contribution is 2.33. The molecule has 0 saturated heterocycles. The number of hydrogen-bond donors (Lipinski definition) is 2. The Hall–Kier alpha value is -4.46. The van der Waals surface area contributed by atoms with Crippen LogP contribution in [0.4, 0.5) is 10.1 Å². The molecule has 2 N–H and O–H groups in total. The highest BCUT2D eigenvalue weighted by Gasteiger charge is 2.21. The highest BCUT2D eigenvalue weighted by atomic mass is 19.1. The lowest BCUT2D eigenvalue weighted by Gasteiger charge is -2.20. The SMILES string of the molecule is Cc1cc([C@@H](C)Nc2ccc(F)cc2C(=O)O)c2oc(-c3ccc4nn(C)cc4c3)c(C)c(=O)c2c1. The molecule has 182 valence electrons. The van der Waals surface area contributed by atoms with E-state index in [0.717, 1.165) is 28.1 Å². The second-order valence-electron chi connectivity index (χ2n) is 9.05. The van der Waals surface area contributed by atoms with E-state index in [9.17, 15) is 19.1 Å². The number of halogens is 1. The second-order valence-corrected chi connectivity index (χ2v) is 9.05. The number of aryl methyl sites for hydroxylation is 2. The molecule has 7 nitrogen and oxygen atoms in total. The maximum atomic E-state index is 13.7. The van der Waals surface area contributed by atoms with Crippen LogP contribution in [-0.4, -0.2) is 20.9 Å². The van der Waals surface area contributed by atoms with Crippen molar-refractivity contribution in [3.8, 4) is 11.3 Å². The second kappa shape index (κ2) is 8.64. The summed E-state index contributed by atoms with van der Waals surface area (Å²) >= 11 is 0. The molecule has 5 rings (SSSR count). The van der Waals surface area contributed by atoms with Crippen molar-refractivity contribution >= 4 is 33.5 Å². The van der Waals surface area contributed by atoms with Gasteiger partial charge in [-0.05, 0) is 68.8 Å². The van der Waals surface area contributed by atoms with Crippen LogP contribution in [0.15, 0.2) is 63.9 Å². The van der Waals surface area contributed by atoms with Gasteiger partial charge in [0.15, 0.2) is 5.43 Å². The van der Waals surface area contributed by atoms with Crippen molar-refractivity contribution in [3.63, 3.8) is 0 Å². The summed E-state index contributed by atoms with van der Waals surface area (Å²) in [7, 11) is 1.85. The number of anilines is 1. The van der Waals surface area contributed by atoms with E-state index in [1.165, 1.54) is 12.1 Å². The van der Waals surface area contributed by atoms with Gasteiger partial charge in [-0.1, -0.05) is 6.07 Å². The van der Waals surface area contributed by atoms with Crippen LogP contribution in [0.25, 0.3) is 33.2 Å². The molecule has 2 heterocycles. The Bertz CT molecular complexity index is 1740. The molecule has 0 unspecified atom stereocenters. The molecular formula is C28H24FN3O4. The number of benzene rings is 3. The number of fused-ring (bicyclic) bond motifs is 2. The zero-order valence-electron chi connectivity index (χ0n) is 20.2. The van der Waals surface area contributed by atoms with Gasteiger partial charge in [0, 0.05) is 41.0 Å². The van der Waals surface area contributed by atoms with E-state index >= 15 is 0 Å². The van der Waals surface area contributed by atoms with E-state index < -0.39 is 17.8 Å². The smallest absolute Gasteiger partial charge is 0.337 e. The summed E-state index contributed by atoms with van der Waals surface area (Å²) < 4.78 is 21.8. The van der Waals surface area contributed by atoms with Crippen molar-refractivity contribution in [3.05, 3.63) is 93.0 Å². The summed E-state index contributed by atoms with van der Waals surface area (Å²) in [6.07, 6.45) is 1.90. The number of nitrogens with one attached hydrogen (secondary N) is 1. The number of aromatic carboxylic acids is 1. The Balaban J connectivity index is 1.67. The molecule has 3 aromatic carbocycles. The van der Waals surface area contributed by atoms with Gasteiger partial charge in [-0.15, -0.1) is 0 Å². The minimum absolute atomic E-state index is 0.136. The molecule has 0 saturated carbocycles. The van der Waals surface area contributed by atoms with Gasteiger partial charge in [0.05, 0.1) is 22.5 Å². The van der Waals surface area contributed by atoms with E-state index in [0.29, 0.717) is 27.9 Å². The topological polar surface area (TPSA) is 97.4 Å². The fourth-order valence-electron chi connectivity index (χ4n) is 4.59. The number of aromatic nitrogens is 2.